The summed E-state index contributed by atoms with van der Waals surface area (Å²) in [5.74, 6) is 0.325. The second-order valence-electron chi connectivity index (χ2n) is 4.84. The fourth-order valence-corrected chi connectivity index (χ4v) is 2.04. The molecule has 4 heteroatoms. The molecular formula is C14H20ClNO2. The van der Waals surface area contributed by atoms with Crippen LogP contribution in [0.3, 0.4) is 0 Å². The van der Waals surface area contributed by atoms with Gasteiger partial charge in [0, 0.05) is 5.02 Å². The van der Waals surface area contributed by atoms with Crippen molar-refractivity contribution in [3.8, 4) is 0 Å². The van der Waals surface area contributed by atoms with E-state index in [0.29, 0.717) is 10.9 Å². The van der Waals surface area contributed by atoms with Gasteiger partial charge in [0.05, 0.1) is 19.1 Å². The Morgan fingerprint density at radius 3 is 2.61 bits per heavy atom. The zero-order chi connectivity index (χ0) is 13.5. The highest BCUT2D eigenvalue weighted by molar-refractivity contribution is 6.31. The number of carbonyl (C=O) groups is 1. The lowest BCUT2D eigenvalue weighted by atomic mass is 10.0. The molecule has 1 atom stereocenters. The zero-order valence-corrected chi connectivity index (χ0v) is 11.6. The normalized spacial score (nSPS) is 12.5. The maximum Gasteiger partial charge on any atom is 0.224 e. The third kappa shape index (κ3) is 5.07. The molecule has 0 saturated carbocycles. The summed E-state index contributed by atoms with van der Waals surface area (Å²) >= 11 is 5.99. The Bertz CT molecular complexity index is 393. The summed E-state index contributed by atoms with van der Waals surface area (Å²) in [6.07, 6.45) is 1.01. The molecule has 1 rings (SSSR count). The summed E-state index contributed by atoms with van der Waals surface area (Å²) in [5, 5.41) is 12.6. The molecule has 0 saturated heterocycles. The molecule has 0 spiro atoms. The van der Waals surface area contributed by atoms with E-state index in [0.717, 1.165) is 12.0 Å². The first kappa shape index (κ1) is 15.0. The molecule has 0 bridgehead atoms. The maximum absolute atomic E-state index is 11.8. The average Bonchev–Trinajstić information content (AvgIpc) is 2.30. The van der Waals surface area contributed by atoms with Crippen molar-refractivity contribution in [2.75, 3.05) is 6.61 Å². The van der Waals surface area contributed by atoms with Gasteiger partial charge in [-0.15, -0.1) is 0 Å². The molecule has 1 amide bonds. The second-order valence-corrected chi connectivity index (χ2v) is 5.25. The van der Waals surface area contributed by atoms with Crippen LogP contribution < -0.4 is 5.32 Å². The van der Waals surface area contributed by atoms with Gasteiger partial charge in [-0.05, 0) is 24.0 Å². The van der Waals surface area contributed by atoms with Gasteiger partial charge in [-0.1, -0.05) is 43.6 Å². The molecule has 0 aromatic heterocycles. The third-order valence-corrected chi connectivity index (χ3v) is 3.02. The number of rotatable bonds is 6. The van der Waals surface area contributed by atoms with Gasteiger partial charge in [-0.2, -0.15) is 0 Å². The minimum atomic E-state index is -0.181. The van der Waals surface area contributed by atoms with E-state index >= 15 is 0 Å². The number of nitrogens with one attached hydrogen (secondary N) is 1. The molecule has 1 unspecified atom stereocenters. The van der Waals surface area contributed by atoms with Crippen molar-refractivity contribution in [2.45, 2.75) is 32.7 Å². The number of benzene rings is 1. The first-order valence-electron chi connectivity index (χ1n) is 6.16. The summed E-state index contributed by atoms with van der Waals surface area (Å²) < 4.78 is 0. The standard InChI is InChI=1S/C14H20ClNO2/c1-10(2)7-12(9-17)16-14(18)8-11-5-3-4-6-13(11)15/h3-6,10,12,17H,7-9H2,1-2H3,(H,16,18). The van der Waals surface area contributed by atoms with Gasteiger partial charge in [0.25, 0.3) is 0 Å². The van der Waals surface area contributed by atoms with Crippen molar-refractivity contribution in [2.24, 2.45) is 5.92 Å². The Kier molecular flexibility index (Phi) is 6.16. The first-order valence-corrected chi connectivity index (χ1v) is 6.54. The zero-order valence-electron chi connectivity index (χ0n) is 10.8. The summed E-state index contributed by atoms with van der Waals surface area (Å²) in [6, 6.07) is 7.10. The topological polar surface area (TPSA) is 49.3 Å². The Morgan fingerprint density at radius 1 is 1.39 bits per heavy atom. The van der Waals surface area contributed by atoms with Crippen LogP contribution in [0.5, 0.6) is 0 Å². The fraction of sp³-hybridized carbons (Fsp3) is 0.500. The van der Waals surface area contributed by atoms with Crippen LogP contribution in [-0.4, -0.2) is 23.7 Å². The molecule has 3 nitrogen and oxygen atoms in total. The summed E-state index contributed by atoms with van der Waals surface area (Å²) in [6.45, 7) is 4.08. The largest absolute Gasteiger partial charge is 0.394 e. The lowest BCUT2D eigenvalue weighted by molar-refractivity contribution is -0.121. The molecule has 18 heavy (non-hydrogen) atoms. The number of carbonyl (C=O) groups excluding carboxylic acids is 1. The highest BCUT2D eigenvalue weighted by Gasteiger charge is 2.14. The summed E-state index contributed by atoms with van der Waals surface area (Å²) in [5.41, 5.74) is 0.804. The van der Waals surface area contributed by atoms with Crippen LogP contribution >= 0.6 is 11.6 Å². The van der Waals surface area contributed by atoms with E-state index in [1.54, 1.807) is 6.07 Å². The minimum absolute atomic E-state index is 0.0353. The lowest BCUT2D eigenvalue weighted by Crippen LogP contribution is -2.39. The molecule has 0 radical (unpaired) electrons. The van der Waals surface area contributed by atoms with Crippen molar-refractivity contribution < 1.29 is 9.90 Å². The number of halogens is 1. The minimum Gasteiger partial charge on any atom is -0.394 e. The molecule has 0 heterocycles. The molecule has 100 valence electrons. The van der Waals surface area contributed by atoms with Gasteiger partial charge in [0.2, 0.25) is 5.91 Å². The molecular weight excluding hydrogens is 250 g/mol. The summed E-state index contributed by atoms with van der Waals surface area (Å²) in [7, 11) is 0. The molecule has 0 aliphatic carbocycles. The Morgan fingerprint density at radius 2 is 2.06 bits per heavy atom. The summed E-state index contributed by atoms with van der Waals surface area (Å²) in [4.78, 5) is 11.8. The number of hydrogen-bond acceptors (Lipinski definition) is 2. The average molecular weight is 270 g/mol. The highest BCUT2D eigenvalue weighted by atomic mass is 35.5. The number of hydrogen-bond donors (Lipinski definition) is 2. The molecule has 1 aromatic carbocycles. The number of amides is 1. The lowest BCUT2D eigenvalue weighted by Gasteiger charge is -2.18. The maximum atomic E-state index is 11.8. The van der Waals surface area contributed by atoms with Crippen LogP contribution in [-0.2, 0) is 11.2 Å². The monoisotopic (exact) mass is 269 g/mol. The van der Waals surface area contributed by atoms with Crippen molar-refractivity contribution in [3.05, 3.63) is 34.9 Å². The molecule has 0 aliphatic heterocycles. The van der Waals surface area contributed by atoms with E-state index in [-0.39, 0.29) is 25.0 Å². The van der Waals surface area contributed by atoms with Gasteiger partial charge in [0.15, 0.2) is 0 Å². The Balaban J connectivity index is 2.53. The predicted molar refractivity (Wildman–Crippen MR) is 73.6 cm³/mol. The van der Waals surface area contributed by atoms with Gasteiger partial charge >= 0.3 is 0 Å². The molecule has 0 fully saturated rings. The van der Waals surface area contributed by atoms with Crippen LogP contribution in [0.15, 0.2) is 24.3 Å². The van der Waals surface area contributed by atoms with E-state index in [9.17, 15) is 9.90 Å². The predicted octanol–water partition coefficient (Wildman–Crippen LogP) is 2.41. The first-order chi connectivity index (χ1) is 8.52. The van der Waals surface area contributed by atoms with E-state index in [1.807, 2.05) is 18.2 Å². The van der Waals surface area contributed by atoms with E-state index < -0.39 is 0 Å². The van der Waals surface area contributed by atoms with Crippen LogP contribution in [0.25, 0.3) is 0 Å². The van der Waals surface area contributed by atoms with Crippen LogP contribution in [0.1, 0.15) is 25.8 Å². The third-order valence-electron chi connectivity index (χ3n) is 2.65. The van der Waals surface area contributed by atoms with Crippen molar-refractivity contribution in [1.82, 2.24) is 5.32 Å². The second kappa shape index (κ2) is 7.39. The van der Waals surface area contributed by atoms with E-state index in [1.165, 1.54) is 0 Å². The van der Waals surface area contributed by atoms with Gasteiger partial charge in [-0.3, -0.25) is 4.79 Å². The quantitative estimate of drug-likeness (QED) is 0.833. The van der Waals surface area contributed by atoms with Gasteiger partial charge in [0.1, 0.15) is 0 Å². The van der Waals surface area contributed by atoms with Gasteiger partial charge < -0.3 is 10.4 Å². The fourth-order valence-electron chi connectivity index (χ4n) is 1.84. The smallest absolute Gasteiger partial charge is 0.224 e. The molecule has 0 aliphatic rings. The Labute approximate surface area is 113 Å². The molecule has 2 N–H and O–H groups in total. The van der Waals surface area contributed by atoms with Crippen LogP contribution in [0.4, 0.5) is 0 Å². The van der Waals surface area contributed by atoms with E-state index in [4.69, 9.17) is 11.6 Å². The van der Waals surface area contributed by atoms with Crippen LogP contribution in [0, 0.1) is 5.92 Å². The van der Waals surface area contributed by atoms with Crippen molar-refractivity contribution in [3.63, 3.8) is 0 Å². The van der Waals surface area contributed by atoms with Crippen LogP contribution in [0.2, 0.25) is 5.02 Å². The van der Waals surface area contributed by atoms with Crippen molar-refractivity contribution >= 4 is 17.5 Å². The van der Waals surface area contributed by atoms with Crippen molar-refractivity contribution in [1.29, 1.82) is 0 Å². The molecule has 1 aromatic rings. The van der Waals surface area contributed by atoms with Gasteiger partial charge in [-0.25, -0.2) is 0 Å². The van der Waals surface area contributed by atoms with E-state index in [2.05, 4.69) is 19.2 Å². The highest BCUT2D eigenvalue weighted by Crippen LogP contribution is 2.15. The number of aliphatic hydroxyl groups is 1. The SMILES string of the molecule is CC(C)CC(CO)NC(=O)Cc1ccccc1Cl. The Hall–Kier alpha value is -1.06. The number of aliphatic hydroxyl groups excluding tert-OH is 1.